The van der Waals surface area contributed by atoms with E-state index in [1.54, 1.807) is 39.8 Å². The van der Waals surface area contributed by atoms with Crippen LogP contribution in [0.4, 0.5) is 4.79 Å². The first kappa shape index (κ1) is 15.9. The summed E-state index contributed by atoms with van der Waals surface area (Å²) < 4.78 is 5.41. The third-order valence-electron chi connectivity index (χ3n) is 3.09. The highest BCUT2D eigenvalue weighted by molar-refractivity contribution is 5.95. The van der Waals surface area contributed by atoms with E-state index in [-0.39, 0.29) is 5.75 Å². The zero-order valence-electron chi connectivity index (χ0n) is 13.1. The first-order chi connectivity index (χ1) is 10.2. The molecule has 1 aliphatic rings. The summed E-state index contributed by atoms with van der Waals surface area (Å²) in [5.74, 6) is -0.447. The molecule has 1 unspecified atom stereocenters. The molecule has 1 aliphatic heterocycles. The zero-order chi connectivity index (χ0) is 16.5. The van der Waals surface area contributed by atoms with Crippen molar-refractivity contribution < 1.29 is 19.4 Å². The van der Waals surface area contributed by atoms with Crippen LogP contribution in [0, 0.1) is 0 Å². The number of amides is 2. The van der Waals surface area contributed by atoms with Crippen molar-refractivity contribution in [1.82, 2.24) is 10.6 Å². The quantitative estimate of drug-likeness (QED) is 0.732. The van der Waals surface area contributed by atoms with Crippen molar-refractivity contribution in [1.29, 1.82) is 0 Å². The van der Waals surface area contributed by atoms with E-state index < -0.39 is 23.6 Å². The molecule has 118 valence electrons. The molecule has 2 amide bonds. The van der Waals surface area contributed by atoms with Gasteiger partial charge in [-0.05, 0) is 45.4 Å². The number of rotatable bonds is 2. The number of allylic oxidation sites excluding steroid dienone is 1. The van der Waals surface area contributed by atoms with Gasteiger partial charge in [0.1, 0.15) is 11.4 Å². The van der Waals surface area contributed by atoms with Crippen molar-refractivity contribution in [3.05, 3.63) is 41.1 Å². The summed E-state index contributed by atoms with van der Waals surface area (Å²) in [5, 5.41) is 14.9. The number of esters is 1. The summed E-state index contributed by atoms with van der Waals surface area (Å²) in [5.41, 5.74) is 0.719. The van der Waals surface area contributed by atoms with E-state index in [2.05, 4.69) is 10.6 Å². The molecule has 1 atom stereocenters. The highest BCUT2D eigenvalue weighted by atomic mass is 16.6. The van der Waals surface area contributed by atoms with Crippen molar-refractivity contribution in [3.8, 4) is 5.75 Å². The molecule has 0 aromatic heterocycles. The Morgan fingerprint density at radius 1 is 1.32 bits per heavy atom. The average Bonchev–Trinajstić information content (AvgIpc) is 2.35. The van der Waals surface area contributed by atoms with Crippen LogP contribution in [0.5, 0.6) is 5.75 Å². The summed E-state index contributed by atoms with van der Waals surface area (Å²) >= 11 is 0. The Balaban J connectivity index is 2.43. The monoisotopic (exact) mass is 304 g/mol. The number of carbonyl (C=O) groups is 2. The summed E-state index contributed by atoms with van der Waals surface area (Å²) in [6, 6.07) is 5.34. The lowest BCUT2D eigenvalue weighted by molar-refractivity contribution is -0.150. The van der Waals surface area contributed by atoms with Gasteiger partial charge < -0.3 is 20.5 Å². The van der Waals surface area contributed by atoms with Gasteiger partial charge >= 0.3 is 12.0 Å². The Kier molecular flexibility index (Phi) is 4.12. The SMILES string of the molecule is CC1=C(C(=O)OC(C)(C)C)C(c2cccc(O)c2)NC(=O)N1. The number of ether oxygens (including phenoxy) is 1. The first-order valence-corrected chi connectivity index (χ1v) is 6.98. The molecule has 0 radical (unpaired) electrons. The van der Waals surface area contributed by atoms with Gasteiger partial charge in [-0.15, -0.1) is 0 Å². The number of urea groups is 1. The van der Waals surface area contributed by atoms with E-state index in [1.807, 2.05) is 0 Å². The molecule has 22 heavy (non-hydrogen) atoms. The Hall–Kier alpha value is -2.50. The lowest BCUT2D eigenvalue weighted by atomic mass is 9.95. The molecule has 2 rings (SSSR count). The Labute approximate surface area is 129 Å². The molecular weight excluding hydrogens is 284 g/mol. The zero-order valence-corrected chi connectivity index (χ0v) is 13.1. The van der Waals surface area contributed by atoms with Crippen LogP contribution in [0.15, 0.2) is 35.5 Å². The Morgan fingerprint density at radius 3 is 2.59 bits per heavy atom. The molecule has 0 fully saturated rings. The molecule has 6 nitrogen and oxygen atoms in total. The molecule has 1 heterocycles. The maximum Gasteiger partial charge on any atom is 0.338 e. The minimum absolute atomic E-state index is 0.0615. The second-order valence-corrected chi connectivity index (χ2v) is 6.17. The number of hydrogen-bond donors (Lipinski definition) is 3. The van der Waals surface area contributed by atoms with Crippen LogP contribution in [0.3, 0.4) is 0 Å². The van der Waals surface area contributed by atoms with Crippen LogP contribution in [0.25, 0.3) is 0 Å². The van der Waals surface area contributed by atoms with Gasteiger partial charge in [-0.3, -0.25) is 0 Å². The lowest BCUT2D eigenvalue weighted by Gasteiger charge is -2.30. The maximum atomic E-state index is 12.5. The van der Waals surface area contributed by atoms with Crippen molar-refractivity contribution in [3.63, 3.8) is 0 Å². The third-order valence-corrected chi connectivity index (χ3v) is 3.09. The predicted octanol–water partition coefficient (Wildman–Crippen LogP) is 2.36. The molecule has 3 N–H and O–H groups in total. The third kappa shape index (κ3) is 3.58. The van der Waals surface area contributed by atoms with E-state index in [0.717, 1.165) is 0 Å². The number of nitrogens with one attached hydrogen (secondary N) is 2. The lowest BCUT2D eigenvalue weighted by Crippen LogP contribution is -2.46. The fraction of sp³-hybridized carbons (Fsp3) is 0.375. The highest BCUT2D eigenvalue weighted by Gasteiger charge is 2.34. The minimum atomic E-state index is -0.671. The van der Waals surface area contributed by atoms with Crippen molar-refractivity contribution in [2.75, 3.05) is 0 Å². The molecule has 0 aliphatic carbocycles. The van der Waals surface area contributed by atoms with E-state index in [4.69, 9.17) is 4.74 Å². The topological polar surface area (TPSA) is 87.7 Å². The standard InChI is InChI=1S/C16H20N2O4/c1-9-12(14(20)22-16(2,3)4)13(18-15(21)17-9)10-6-5-7-11(19)8-10/h5-8,13,19H,1-4H3,(H2,17,18,21). The normalized spacial score (nSPS) is 18.5. The summed E-state index contributed by atoms with van der Waals surface area (Å²) in [6.45, 7) is 6.98. The number of benzene rings is 1. The highest BCUT2D eigenvalue weighted by Crippen LogP contribution is 2.30. The Bertz CT molecular complexity index is 644. The molecule has 1 aromatic carbocycles. The summed E-state index contributed by atoms with van der Waals surface area (Å²) in [6.07, 6.45) is 0. The van der Waals surface area contributed by atoms with Gasteiger partial charge in [-0.2, -0.15) is 0 Å². The van der Waals surface area contributed by atoms with Crippen LogP contribution in [0.2, 0.25) is 0 Å². The van der Waals surface area contributed by atoms with Crippen LogP contribution in [-0.4, -0.2) is 22.7 Å². The van der Waals surface area contributed by atoms with Gasteiger partial charge in [0.25, 0.3) is 0 Å². The van der Waals surface area contributed by atoms with Gasteiger partial charge in [0.15, 0.2) is 0 Å². The molecule has 1 aromatic rings. The number of aromatic hydroxyl groups is 1. The van der Waals surface area contributed by atoms with Gasteiger partial charge in [0.05, 0.1) is 11.6 Å². The van der Waals surface area contributed by atoms with Crippen LogP contribution in [-0.2, 0) is 9.53 Å². The fourth-order valence-corrected chi connectivity index (χ4v) is 2.25. The molecule has 0 saturated heterocycles. The van der Waals surface area contributed by atoms with Crippen molar-refractivity contribution >= 4 is 12.0 Å². The first-order valence-electron chi connectivity index (χ1n) is 6.98. The summed E-state index contributed by atoms with van der Waals surface area (Å²) in [7, 11) is 0. The minimum Gasteiger partial charge on any atom is -0.508 e. The fourth-order valence-electron chi connectivity index (χ4n) is 2.25. The summed E-state index contributed by atoms with van der Waals surface area (Å²) in [4.78, 5) is 24.2. The van der Waals surface area contributed by atoms with Crippen LogP contribution in [0.1, 0.15) is 39.3 Å². The Morgan fingerprint density at radius 2 is 2.00 bits per heavy atom. The molecule has 0 saturated carbocycles. The van der Waals surface area contributed by atoms with Crippen molar-refractivity contribution in [2.24, 2.45) is 0 Å². The second kappa shape index (κ2) is 5.71. The van der Waals surface area contributed by atoms with Crippen LogP contribution >= 0.6 is 0 Å². The van der Waals surface area contributed by atoms with E-state index >= 15 is 0 Å². The smallest absolute Gasteiger partial charge is 0.338 e. The van der Waals surface area contributed by atoms with E-state index in [1.165, 1.54) is 12.1 Å². The number of phenols is 1. The molecule has 6 heteroatoms. The van der Waals surface area contributed by atoms with Gasteiger partial charge in [-0.1, -0.05) is 12.1 Å². The van der Waals surface area contributed by atoms with Gasteiger partial charge in [0, 0.05) is 5.70 Å². The predicted molar refractivity (Wildman–Crippen MR) is 81.1 cm³/mol. The molecule has 0 bridgehead atoms. The van der Waals surface area contributed by atoms with Crippen LogP contribution < -0.4 is 10.6 Å². The maximum absolute atomic E-state index is 12.5. The van der Waals surface area contributed by atoms with Gasteiger partial charge in [-0.25, -0.2) is 9.59 Å². The van der Waals surface area contributed by atoms with E-state index in [9.17, 15) is 14.7 Å². The number of hydrogen-bond acceptors (Lipinski definition) is 4. The second-order valence-electron chi connectivity index (χ2n) is 6.17. The van der Waals surface area contributed by atoms with Gasteiger partial charge in [0.2, 0.25) is 0 Å². The number of phenolic OH excluding ortho intramolecular Hbond substituents is 1. The largest absolute Gasteiger partial charge is 0.508 e. The van der Waals surface area contributed by atoms with E-state index in [0.29, 0.717) is 16.8 Å². The van der Waals surface area contributed by atoms with Crippen molar-refractivity contribution in [2.45, 2.75) is 39.3 Å². The molecular formula is C16H20N2O4. The molecule has 0 spiro atoms. The number of carbonyl (C=O) groups excluding carboxylic acids is 2. The average molecular weight is 304 g/mol.